The van der Waals surface area contributed by atoms with E-state index in [9.17, 15) is 22.8 Å². The number of halogens is 5. The van der Waals surface area contributed by atoms with E-state index in [0.717, 1.165) is 12.1 Å². The lowest BCUT2D eigenvalue weighted by Crippen LogP contribution is -2.15. The molecule has 38 heavy (non-hydrogen) atoms. The number of carbonyl (C=O) groups is 2. The topological polar surface area (TPSA) is 90.4 Å². The summed E-state index contributed by atoms with van der Waals surface area (Å²) in [5.41, 5.74) is -1.08. The first kappa shape index (κ1) is 27.0. The smallest absolute Gasteiger partial charge is 0.417 e. The summed E-state index contributed by atoms with van der Waals surface area (Å²) in [5, 5.41) is 1.59. The van der Waals surface area contributed by atoms with Gasteiger partial charge in [-0.05, 0) is 48.5 Å². The fourth-order valence-corrected chi connectivity index (χ4v) is 3.76. The summed E-state index contributed by atoms with van der Waals surface area (Å²) in [7, 11) is 1.53. The molecule has 1 amide bonds. The molecule has 0 bridgehead atoms. The highest BCUT2D eigenvalue weighted by atomic mass is 35.5. The molecule has 0 unspecified atom stereocenters. The second-order valence-corrected chi connectivity index (χ2v) is 8.30. The van der Waals surface area contributed by atoms with E-state index in [1.807, 2.05) is 0 Å². The fourth-order valence-electron chi connectivity index (χ4n) is 3.47. The maximum Gasteiger partial charge on any atom is 0.417 e. The first-order valence-electron chi connectivity index (χ1n) is 11.0. The van der Waals surface area contributed by atoms with E-state index in [-0.39, 0.29) is 34.9 Å². The zero-order valence-corrected chi connectivity index (χ0v) is 20.4. The molecular formula is C26H18ClF4N3O4. The van der Waals surface area contributed by atoms with Crippen LogP contribution in [0.15, 0.2) is 60.8 Å². The standard InChI is InChI=1S/C26H18ClF4N3O4/c1-37-9-10-38-22-13-32-19-8-6-14(12-21(19)33-22)24(35)16-3-2-4-20(23(16)28)34-25(36)15-5-7-17(18(27)11-15)26(29,30)31/h2-8,11-13H,9-10H2,1H3,(H,34,36). The molecule has 0 aliphatic heterocycles. The van der Waals surface area contributed by atoms with E-state index in [1.54, 1.807) is 6.07 Å². The molecule has 12 heteroatoms. The van der Waals surface area contributed by atoms with Crippen molar-refractivity contribution in [3.8, 4) is 5.88 Å². The van der Waals surface area contributed by atoms with Gasteiger partial charge in [0.2, 0.25) is 5.88 Å². The lowest BCUT2D eigenvalue weighted by atomic mass is 10.0. The van der Waals surface area contributed by atoms with Gasteiger partial charge in [-0.3, -0.25) is 9.59 Å². The molecule has 4 aromatic rings. The van der Waals surface area contributed by atoms with Crippen LogP contribution in [0.3, 0.4) is 0 Å². The van der Waals surface area contributed by atoms with Crippen molar-refractivity contribution in [2.45, 2.75) is 6.18 Å². The molecule has 7 nitrogen and oxygen atoms in total. The molecule has 0 saturated carbocycles. The molecule has 0 radical (unpaired) electrons. The molecule has 0 atom stereocenters. The maximum absolute atomic E-state index is 15.3. The Morgan fingerprint density at radius 3 is 2.47 bits per heavy atom. The van der Waals surface area contributed by atoms with Crippen molar-refractivity contribution in [3.05, 3.63) is 93.9 Å². The van der Waals surface area contributed by atoms with Gasteiger partial charge in [-0.25, -0.2) is 14.4 Å². The Bertz CT molecular complexity index is 1530. The summed E-state index contributed by atoms with van der Waals surface area (Å²) >= 11 is 5.67. The van der Waals surface area contributed by atoms with Gasteiger partial charge < -0.3 is 14.8 Å². The van der Waals surface area contributed by atoms with Crippen molar-refractivity contribution in [2.75, 3.05) is 25.6 Å². The fraction of sp³-hybridized carbons (Fsp3) is 0.154. The third-order valence-electron chi connectivity index (χ3n) is 5.35. The van der Waals surface area contributed by atoms with Crippen LogP contribution in [0.4, 0.5) is 23.2 Å². The minimum atomic E-state index is -4.69. The van der Waals surface area contributed by atoms with E-state index in [0.29, 0.717) is 23.7 Å². The van der Waals surface area contributed by atoms with E-state index < -0.39 is 34.3 Å². The van der Waals surface area contributed by atoms with Gasteiger partial charge in [0.15, 0.2) is 11.6 Å². The number of carbonyl (C=O) groups excluding carboxylic acids is 2. The number of ketones is 1. The van der Waals surface area contributed by atoms with Gasteiger partial charge in [0.25, 0.3) is 5.91 Å². The number of hydrogen-bond donors (Lipinski definition) is 1. The van der Waals surface area contributed by atoms with Crippen LogP contribution in [0, 0.1) is 5.82 Å². The molecule has 0 saturated heterocycles. The predicted molar refractivity (Wildman–Crippen MR) is 131 cm³/mol. The van der Waals surface area contributed by atoms with Crippen LogP contribution >= 0.6 is 11.6 Å². The number of benzene rings is 3. The van der Waals surface area contributed by atoms with Crippen LogP contribution in [0.25, 0.3) is 11.0 Å². The van der Waals surface area contributed by atoms with E-state index in [2.05, 4.69) is 15.3 Å². The molecule has 3 aromatic carbocycles. The summed E-state index contributed by atoms with van der Waals surface area (Å²) in [4.78, 5) is 34.2. The summed E-state index contributed by atoms with van der Waals surface area (Å²) in [6.07, 6.45) is -3.27. The molecule has 1 aromatic heterocycles. The van der Waals surface area contributed by atoms with E-state index >= 15 is 4.39 Å². The highest BCUT2D eigenvalue weighted by Gasteiger charge is 2.33. The Hall–Kier alpha value is -4.09. The number of alkyl halides is 3. The zero-order valence-electron chi connectivity index (χ0n) is 19.6. The van der Waals surface area contributed by atoms with E-state index in [4.69, 9.17) is 21.1 Å². The zero-order chi connectivity index (χ0) is 27.4. The van der Waals surface area contributed by atoms with Crippen molar-refractivity contribution in [1.29, 1.82) is 0 Å². The Kier molecular flexibility index (Phi) is 7.88. The lowest BCUT2D eigenvalue weighted by Gasteiger charge is -2.12. The van der Waals surface area contributed by atoms with Gasteiger partial charge >= 0.3 is 6.18 Å². The number of methoxy groups -OCH3 is 1. The highest BCUT2D eigenvalue weighted by molar-refractivity contribution is 6.32. The number of fused-ring (bicyclic) bond motifs is 1. The highest BCUT2D eigenvalue weighted by Crippen LogP contribution is 2.35. The number of ether oxygens (including phenoxy) is 2. The van der Waals surface area contributed by atoms with Crippen molar-refractivity contribution in [2.24, 2.45) is 0 Å². The number of anilines is 1. The lowest BCUT2D eigenvalue weighted by molar-refractivity contribution is -0.137. The van der Waals surface area contributed by atoms with Crippen LogP contribution in [0.2, 0.25) is 5.02 Å². The molecule has 0 fully saturated rings. The average molecular weight is 548 g/mol. The molecule has 1 N–H and O–H groups in total. The summed E-state index contributed by atoms with van der Waals surface area (Å²) in [6.45, 7) is 0.591. The normalized spacial score (nSPS) is 11.4. The Morgan fingerprint density at radius 1 is 1.00 bits per heavy atom. The quantitative estimate of drug-likeness (QED) is 0.167. The van der Waals surface area contributed by atoms with Gasteiger partial charge in [-0.1, -0.05) is 17.7 Å². The van der Waals surface area contributed by atoms with Crippen LogP contribution in [-0.4, -0.2) is 42.0 Å². The third kappa shape index (κ3) is 5.90. The van der Waals surface area contributed by atoms with Gasteiger partial charge in [-0.2, -0.15) is 13.2 Å². The van der Waals surface area contributed by atoms with Gasteiger partial charge in [-0.15, -0.1) is 0 Å². The van der Waals surface area contributed by atoms with Crippen LogP contribution < -0.4 is 10.1 Å². The minimum absolute atomic E-state index is 0.109. The first-order valence-corrected chi connectivity index (χ1v) is 11.4. The monoisotopic (exact) mass is 547 g/mol. The summed E-state index contributed by atoms with van der Waals surface area (Å²) in [5.74, 6) is -2.40. The van der Waals surface area contributed by atoms with Crippen LogP contribution in [-0.2, 0) is 10.9 Å². The summed E-state index contributed by atoms with van der Waals surface area (Å²) in [6, 6.07) is 10.7. The number of hydrogen-bond acceptors (Lipinski definition) is 6. The van der Waals surface area contributed by atoms with Gasteiger partial charge in [0.1, 0.15) is 6.61 Å². The average Bonchev–Trinajstić information content (AvgIpc) is 2.88. The largest absolute Gasteiger partial charge is 0.474 e. The number of nitrogens with one attached hydrogen (secondary N) is 1. The van der Waals surface area contributed by atoms with Crippen molar-refractivity contribution in [1.82, 2.24) is 9.97 Å². The van der Waals surface area contributed by atoms with Crippen LogP contribution in [0.1, 0.15) is 31.8 Å². The Balaban J connectivity index is 1.57. The van der Waals surface area contributed by atoms with Crippen LogP contribution in [0.5, 0.6) is 5.88 Å². The second-order valence-electron chi connectivity index (χ2n) is 7.90. The third-order valence-corrected chi connectivity index (χ3v) is 5.66. The van der Waals surface area contributed by atoms with Crippen molar-refractivity contribution < 1.29 is 36.6 Å². The molecule has 0 spiro atoms. The Morgan fingerprint density at radius 2 is 1.76 bits per heavy atom. The number of aromatic nitrogens is 2. The molecule has 196 valence electrons. The number of nitrogens with zero attached hydrogens (tertiary/aromatic N) is 2. The second kappa shape index (κ2) is 11.1. The Labute approximate surface area is 218 Å². The van der Waals surface area contributed by atoms with Crippen molar-refractivity contribution in [3.63, 3.8) is 0 Å². The summed E-state index contributed by atoms with van der Waals surface area (Å²) < 4.78 is 64.4. The molecular weight excluding hydrogens is 530 g/mol. The molecule has 1 heterocycles. The van der Waals surface area contributed by atoms with E-state index in [1.165, 1.54) is 43.6 Å². The maximum atomic E-state index is 15.3. The van der Waals surface area contributed by atoms with Gasteiger partial charge in [0.05, 0.1) is 45.7 Å². The van der Waals surface area contributed by atoms with Gasteiger partial charge in [0, 0.05) is 18.2 Å². The predicted octanol–water partition coefficient (Wildman–Crippen LogP) is 5.95. The number of amides is 1. The first-order chi connectivity index (χ1) is 18.1. The minimum Gasteiger partial charge on any atom is -0.474 e. The van der Waals surface area contributed by atoms with Crippen molar-refractivity contribution >= 4 is 40.0 Å². The molecule has 0 aliphatic rings. The molecule has 4 rings (SSSR count). The number of rotatable bonds is 8. The molecule has 0 aliphatic carbocycles. The SMILES string of the molecule is COCCOc1cnc2ccc(C(=O)c3cccc(NC(=O)c4ccc(C(F)(F)F)c(Cl)c4)c3F)cc2n1.